The number of amides is 1. The predicted octanol–water partition coefficient (Wildman–Crippen LogP) is 4.01. The van der Waals surface area contributed by atoms with E-state index in [4.69, 9.17) is 21.1 Å². The van der Waals surface area contributed by atoms with Crippen LogP contribution in [0, 0.1) is 0 Å². The first-order chi connectivity index (χ1) is 14.1. The number of nitrogens with one attached hydrogen (secondary N) is 1. The minimum Gasteiger partial charge on any atom is -0.454 e. The Bertz CT molecular complexity index is 1050. The lowest BCUT2D eigenvalue weighted by Gasteiger charge is -2.19. The third-order valence-electron chi connectivity index (χ3n) is 5.10. The second-order valence-electron chi connectivity index (χ2n) is 6.75. The Morgan fingerprint density at radius 2 is 2.03 bits per heavy atom. The first kappa shape index (κ1) is 19.5. The number of carbonyl (C=O) groups is 1. The van der Waals surface area contributed by atoms with Gasteiger partial charge in [0.2, 0.25) is 12.7 Å². The molecule has 152 valence electrons. The summed E-state index contributed by atoms with van der Waals surface area (Å²) in [5, 5.41) is 3.28. The molecule has 0 aliphatic carbocycles. The van der Waals surface area contributed by atoms with Gasteiger partial charge in [0.25, 0.3) is 5.91 Å². The zero-order chi connectivity index (χ0) is 20.4. The molecule has 8 heteroatoms. The lowest BCUT2D eigenvalue weighted by molar-refractivity contribution is 0.102. The molecule has 1 amide bonds. The molecule has 1 N–H and O–H groups in total. The van der Waals surface area contributed by atoms with E-state index in [9.17, 15) is 4.79 Å². The third-order valence-corrected chi connectivity index (χ3v) is 5.38. The highest BCUT2D eigenvalue weighted by molar-refractivity contribution is 6.32. The molecule has 0 spiro atoms. The largest absolute Gasteiger partial charge is 0.454 e. The van der Waals surface area contributed by atoms with Gasteiger partial charge in [-0.1, -0.05) is 37.6 Å². The molecular weight excluding hydrogens is 392 g/mol. The molecule has 0 saturated heterocycles. The zero-order valence-corrected chi connectivity index (χ0v) is 17.2. The van der Waals surface area contributed by atoms with Gasteiger partial charge in [-0.25, -0.2) is 4.98 Å². The van der Waals surface area contributed by atoms with Crippen LogP contribution in [0.25, 0.3) is 11.0 Å². The van der Waals surface area contributed by atoms with Gasteiger partial charge in [-0.2, -0.15) is 0 Å². The SMILES string of the molecule is CCN(CC)CCn1c(NC(=O)c2cc(Cl)c3c(c2)OCO3)nc2ccccc21. The number of hydrogen-bond donors (Lipinski definition) is 1. The van der Waals surface area contributed by atoms with Crippen LogP contribution in [0.1, 0.15) is 24.2 Å². The molecule has 0 fully saturated rings. The summed E-state index contributed by atoms with van der Waals surface area (Å²) in [6.45, 7) is 7.91. The van der Waals surface area contributed by atoms with Crippen LogP contribution in [0.3, 0.4) is 0 Å². The van der Waals surface area contributed by atoms with E-state index in [0.29, 0.717) is 28.0 Å². The molecule has 0 radical (unpaired) electrons. The van der Waals surface area contributed by atoms with Crippen molar-refractivity contribution in [2.24, 2.45) is 0 Å². The summed E-state index contributed by atoms with van der Waals surface area (Å²) in [4.78, 5) is 19.9. The van der Waals surface area contributed by atoms with Gasteiger partial charge in [-0.3, -0.25) is 10.1 Å². The van der Waals surface area contributed by atoms with Crippen LogP contribution in [0.4, 0.5) is 5.95 Å². The Morgan fingerprint density at radius 3 is 2.83 bits per heavy atom. The number of nitrogens with zero attached hydrogens (tertiary/aromatic N) is 3. The number of likely N-dealkylation sites (N-methyl/N-ethyl adjacent to an activating group) is 1. The van der Waals surface area contributed by atoms with Gasteiger partial charge in [-0.15, -0.1) is 0 Å². The summed E-state index contributed by atoms with van der Waals surface area (Å²) < 4.78 is 12.7. The monoisotopic (exact) mass is 414 g/mol. The molecule has 4 rings (SSSR count). The number of rotatable bonds is 7. The number of ether oxygens (including phenoxy) is 2. The van der Waals surface area contributed by atoms with E-state index in [1.165, 1.54) is 0 Å². The number of aromatic nitrogens is 2. The molecule has 7 nitrogen and oxygen atoms in total. The van der Waals surface area contributed by atoms with Gasteiger partial charge in [0, 0.05) is 18.7 Å². The average Bonchev–Trinajstić information content (AvgIpc) is 3.33. The van der Waals surface area contributed by atoms with Gasteiger partial charge in [-0.05, 0) is 37.4 Å². The molecule has 1 aliphatic heterocycles. The van der Waals surface area contributed by atoms with Crippen molar-refractivity contribution in [2.45, 2.75) is 20.4 Å². The number of para-hydroxylation sites is 2. The first-order valence-corrected chi connectivity index (χ1v) is 10.1. The van der Waals surface area contributed by atoms with Crippen molar-refractivity contribution in [1.29, 1.82) is 0 Å². The van der Waals surface area contributed by atoms with Crippen LogP contribution in [-0.2, 0) is 6.54 Å². The maximum atomic E-state index is 12.9. The third kappa shape index (κ3) is 3.88. The maximum Gasteiger partial charge on any atom is 0.258 e. The van der Waals surface area contributed by atoms with Crippen molar-refractivity contribution >= 4 is 34.5 Å². The fourth-order valence-electron chi connectivity index (χ4n) is 3.45. The van der Waals surface area contributed by atoms with Crippen LogP contribution in [0.2, 0.25) is 5.02 Å². The van der Waals surface area contributed by atoms with E-state index in [1.807, 2.05) is 28.8 Å². The topological polar surface area (TPSA) is 68.6 Å². The highest BCUT2D eigenvalue weighted by atomic mass is 35.5. The van der Waals surface area contributed by atoms with Crippen molar-refractivity contribution in [2.75, 3.05) is 31.7 Å². The van der Waals surface area contributed by atoms with Crippen LogP contribution in [0.5, 0.6) is 11.5 Å². The Kier molecular flexibility index (Phi) is 5.60. The predicted molar refractivity (Wildman–Crippen MR) is 113 cm³/mol. The van der Waals surface area contributed by atoms with E-state index >= 15 is 0 Å². The van der Waals surface area contributed by atoms with E-state index in [1.54, 1.807) is 12.1 Å². The summed E-state index contributed by atoms with van der Waals surface area (Å²) in [6.07, 6.45) is 0. The van der Waals surface area contributed by atoms with Crippen molar-refractivity contribution < 1.29 is 14.3 Å². The van der Waals surface area contributed by atoms with Gasteiger partial charge >= 0.3 is 0 Å². The lowest BCUT2D eigenvalue weighted by atomic mass is 10.2. The standard InChI is InChI=1S/C21H23ClN4O3/c1-3-25(4-2)9-10-26-17-8-6-5-7-16(17)23-21(26)24-20(27)14-11-15(22)19-18(12-14)28-13-29-19/h5-8,11-12H,3-4,9-10,13H2,1-2H3,(H,23,24,27). The number of fused-ring (bicyclic) bond motifs is 2. The molecular formula is C21H23ClN4O3. The molecule has 0 bridgehead atoms. The molecule has 29 heavy (non-hydrogen) atoms. The molecule has 0 unspecified atom stereocenters. The first-order valence-electron chi connectivity index (χ1n) is 9.68. The second kappa shape index (κ2) is 8.31. The Hall–Kier alpha value is -2.77. The van der Waals surface area contributed by atoms with Crippen molar-refractivity contribution in [1.82, 2.24) is 14.5 Å². The van der Waals surface area contributed by atoms with Crippen molar-refractivity contribution in [3.8, 4) is 11.5 Å². The molecule has 3 aromatic rings. The number of benzene rings is 2. The minimum atomic E-state index is -0.301. The summed E-state index contributed by atoms with van der Waals surface area (Å²) in [6, 6.07) is 11.1. The number of hydrogen-bond acceptors (Lipinski definition) is 5. The normalized spacial score (nSPS) is 12.7. The number of carbonyl (C=O) groups excluding carboxylic acids is 1. The molecule has 1 aromatic heterocycles. The molecule has 1 aliphatic rings. The number of imidazole rings is 1. The molecule has 0 saturated carbocycles. The van der Waals surface area contributed by atoms with Crippen LogP contribution in [-0.4, -0.2) is 46.8 Å². The van der Waals surface area contributed by atoms with Gasteiger partial charge in [0.15, 0.2) is 11.5 Å². The molecule has 2 heterocycles. The number of halogens is 1. The summed E-state index contributed by atoms with van der Waals surface area (Å²) in [5.74, 6) is 1.15. The van der Waals surface area contributed by atoms with Crippen LogP contribution >= 0.6 is 11.6 Å². The number of anilines is 1. The van der Waals surface area contributed by atoms with E-state index in [2.05, 4.69) is 29.0 Å². The summed E-state index contributed by atoms with van der Waals surface area (Å²) in [5.41, 5.74) is 2.21. The maximum absolute atomic E-state index is 12.9. The quantitative estimate of drug-likeness (QED) is 0.632. The molecule has 2 aromatic carbocycles. The van der Waals surface area contributed by atoms with Gasteiger partial charge in [0.05, 0.1) is 16.1 Å². The zero-order valence-electron chi connectivity index (χ0n) is 16.4. The fraction of sp³-hybridized carbons (Fsp3) is 0.333. The van der Waals surface area contributed by atoms with Crippen molar-refractivity contribution in [3.63, 3.8) is 0 Å². The smallest absolute Gasteiger partial charge is 0.258 e. The fourth-order valence-corrected chi connectivity index (χ4v) is 3.72. The van der Waals surface area contributed by atoms with E-state index in [-0.39, 0.29) is 12.7 Å². The summed E-state index contributed by atoms with van der Waals surface area (Å²) in [7, 11) is 0. The lowest BCUT2D eigenvalue weighted by Crippen LogP contribution is -2.27. The van der Waals surface area contributed by atoms with Crippen molar-refractivity contribution in [3.05, 3.63) is 47.0 Å². The van der Waals surface area contributed by atoms with Crippen LogP contribution < -0.4 is 14.8 Å². The molecule has 0 atom stereocenters. The average molecular weight is 415 g/mol. The van der Waals surface area contributed by atoms with E-state index < -0.39 is 0 Å². The highest BCUT2D eigenvalue weighted by Gasteiger charge is 2.22. The van der Waals surface area contributed by atoms with Crippen LogP contribution in [0.15, 0.2) is 36.4 Å². The Labute approximate surface area is 174 Å². The van der Waals surface area contributed by atoms with Gasteiger partial charge < -0.3 is 18.9 Å². The minimum absolute atomic E-state index is 0.0985. The Morgan fingerprint density at radius 1 is 1.24 bits per heavy atom. The Balaban J connectivity index is 1.62. The van der Waals surface area contributed by atoms with Gasteiger partial charge in [0.1, 0.15) is 0 Å². The summed E-state index contributed by atoms with van der Waals surface area (Å²) >= 11 is 6.22. The van der Waals surface area contributed by atoms with E-state index in [0.717, 1.165) is 37.2 Å². The second-order valence-corrected chi connectivity index (χ2v) is 7.16. The highest BCUT2D eigenvalue weighted by Crippen LogP contribution is 2.39.